The van der Waals surface area contributed by atoms with Crippen LogP contribution in [0.4, 0.5) is 10.5 Å². The molecule has 1 aromatic rings. The Morgan fingerprint density at radius 2 is 1.84 bits per heavy atom. The highest BCUT2D eigenvalue weighted by Crippen LogP contribution is 2.38. The smallest absolute Gasteiger partial charge is 0.410 e. The first-order valence-corrected chi connectivity index (χ1v) is 9.19. The van der Waals surface area contributed by atoms with Gasteiger partial charge in [-0.25, -0.2) is 4.79 Å². The van der Waals surface area contributed by atoms with Crippen LogP contribution >= 0.6 is 0 Å². The van der Waals surface area contributed by atoms with Crippen LogP contribution in [-0.4, -0.2) is 41.8 Å². The molecule has 2 heterocycles. The van der Waals surface area contributed by atoms with E-state index in [0.717, 1.165) is 37.1 Å². The lowest BCUT2D eigenvalue weighted by molar-refractivity contribution is 0.00683. The normalized spacial score (nSPS) is 25.6. The molecule has 0 aromatic heterocycles. The summed E-state index contributed by atoms with van der Waals surface area (Å²) in [6, 6.07) is 7.07. The summed E-state index contributed by atoms with van der Waals surface area (Å²) in [4.78, 5) is 14.5. The van der Waals surface area contributed by atoms with Gasteiger partial charge in [0.25, 0.3) is 0 Å². The zero-order valence-electron chi connectivity index (χ0n) is 16.0. The van der Waals surface area contributed by atoms with Crippen LogP contribution in [0, 0.1) is 6.92 Å². The maximum Gasteiger partial charge on any atom is 0.410 e. The Balaban J connectivity index is 1.68. The molecule has 5 heteroatoms. The summed E-state index contributed by atoms with van der Waals surface area (Å²) in [5, 5.41) is 3.65. The lowest BCUT2D eigenvalue weighted by Gasteiger charge is -2.40. The number of amides is 1. The van der Waals surface area contributed by atoms with E-state index in [1.54, 1.807) is 7.11 Å². The highest BCUT2D eigenvalue weighted by molar-refractivity contribution is 5.70. The van der Waals surface area contributed by atoms with Crippen molar-refractivity contribution in [2.24, 2.45) is 0 Å². The Hall–Kier alpha value is -1.91. The van der Waals surface area contributed by atoms with Crippen molar-refractivity contribution in [3.8, 4) is 5.75 Å². The summed E-state index contributed by atoms with van der Waals surface area (Å²) < 4.78 is 11.1. The third kappa shape index (κ3) is 4.02. The van der Waals surface area contributed by atoms with Gasteiger partial charge in [-0.05, 0) is 71.1 Å². The van der Waals surface area contributed by atoms with Crippen molar-refractivity contribution in [2.45, 2.75) is 77.1 Å². The van der Waals surface area contributed by atoms with Gasteiger partial charge in [-0.15, -0.1) is 0 Å². The monoisotopic (exact) mass is 346 g/mol. The number of rotatable bonds is 3. The third-order valence-corrected chi connectivity index (χ3v) is 5.05. The minimum atomic E-state index is -0.444. The Kier molecular flexibility index (Phi) is 4.85. The van der Waals surface area contributed by atoms with E-state index < -0.39 is 5.60 Å². The molecule has 0 aliphatic carbocycles. The number of carbonyl (C=O) groups is 1. The molecule has 25 heavy (non-hydrogen) atoms. The molecule has 2 aliphatic rings. The maximum absolute atomic E-state index is 12.5. The predicted molar refractivity (Wildman–Crippen MR) is 99.3 cm³/mol. The van der Waals surface area contributed by atoms with Gasteiger partial charge in [0.2, 0.25) is 0 Å². The third-order valence-electron chi connectivity index (χ3n) is 5.05. The molecule has 5 nitrogen and oxygen atoms in total. The molecule has 138 valence electrons. The fourth-order valence-corrected chi connectivity index (χ4v) is 4.06. The van der Waals surface area contributed by atoms with Crippen molar-refractivity contribution < 1.29 is 14.3 Å². The summed E-state index contributed by atoms with van der Waals surface area (Å²) in [6.45, 7) is 7.85. The second-order valence-electron chi connectivity index (χ2n) is 8.29. The minimum Gasteiger partial charge on any atom is -0.495 e. The molecule has 0 radical (unpaired) electrons. The fourth-order valence-electron chi connectivity index (χ4n) is 4.06. The van der Waals surface area contributed by atoms with Crippen LogP contribution in [0.3, 0.4) is 0 Å². The van der Waals surface area contributed by atoms with Crippen molar-refractivity contribution in [1.82, 2.24) is 4.90 Å². The molecule has 2 atom stereocenters. The molecule has 2 fully saturated rings. The highest BCUT2D eigenvalue weighted by atomic mass is 16.6. The molecule has 2 saturated heterocycles. The van der Waals surface area contributed by atoms with Crippen LogP contribution in [-0.2, 0) is 4.74 Å². The first-order chi connectivity index (χ1) is 11.8. The number of anilines is 1. The van der Waals surface area contributed by atoms with E-state index in [2.05, 4.69) is 24.4 Å². The number of piperidine rings is 1. The number of benzene rings is 1. The van der Waals surface area contributed by atoms with E-state index >= 15 is 0 Å². The summed E-state index contributed by atoms with van der Waals surface area (Å²) in [7, 11) is 1.70. The number of hydrogen-bond acceptors (Lipinski definition) is 4. The van der Waals surface area contributed by atoms with Gasteiger partial charge in [0.05, 0.1) is 12.8 Å². The Labute approximate surface area is 150 Å². The number of ether oxygens (including phenoxy) is 2. The molecule has 2 bridgehead atoms. The van der Waals surface area contributed by atoms with Crippen molar-refractivity contribution in [1.29, 1.82) is 0 Å². The number of hydrogen-bond donors (Lipinski definition) is 1. The lowest BCUT2D eigenvalue weighted by atomic mass is 9.97. The zero-order chi connectivity index (χ0) is 18.2. The standard InChI is InChI=1S/C20H30N2O3/c1-13-6-9-18(24-5)17(10-13)21-14-11-15-7-8-16(12-14)22(15)19(23)25-20(2,3)4/h6,9-10,14-16,21H,7-8,11-12H2,1-5H3. The van der Waals surface area contributed by atoms with Crippen molar-refractivity contribution >= 4 is 11.8 Å². The Morgan fingerprint density at radius 1 is 1.20 bits per heavy atom. The minimum absolute atomic E-state index is 0.161. The molecule has 1 amide bonds. The van der Waals surface area contributed by atoms with Gasteiger partial charge >= 0.3 is 6.09 Å². The highest BCUT2D eigenvalue weighted by Gasteiger charge is 2.44. The number of carbonyl (C=O) groups excluding carboxylic acids is 1. The van der Waals surface area contributed by atoms with Gasteiger partial charge < -0.3 is 19.7 Å². The van der Waals surface area contributed by atoms with E-state index in [-0.39, 0.29) is 18.2 Å². The van der Waals surface area contributed by atoms with Gasteiger partial charge in [0.15, 0.2) is 0 Å². The number of fused-ring (bicyclic) bond motifs is 2. The van der Waals surface area contributed by atoms with Gasteiger partial charge in [-0.3, -0.25) is 0 Å². The largest absolute Gasteiger partial charge is 0.495 e. The molecular weight excluding hydrogens is 316 g/mol. The number of nitrogens with one attached hydrogen (secondary N) is 1. The average molecular weight is 346 g/mol. The van der Waals surface area contributed by atoms with Crippen LogP contribution in [0.15, 0.2) is 18.2 Å². The van der Waals surface area contributed by atoms with Crippen LogP contribution in [0.25, 0.3) is 0 Å². The van der Waals surface area contributed by atoms with Crippen LogP contribution in [0.5, 0.6) is 5.75 Å². The molecule has 1 N–H and O–H groups in total. The molecular formula is C20H30N2O3. The molecule has 0 spiro atoms. The van der Waals surface area contributed by atoms with Gasteiger partial charge in [0, 0.05) is 18.1 Å². The summed E-state index contributed by atoms with van der Waals surface area (Å²) in [5.41, 5.74) is 1.80. The van der Waals surface area contributed by atoms with Gasteiger partial charge in [0.1, 0.15) is 11.4 Å². The number of methoxy groups -OCH3 is 1. The van der Waals surface area contributed by atoms with Crippen molar-refractivity contribution in [3.05, 3.63) is 23.8 Å². The number of nitrogens with zero attached hydrogens (tertiary/aromatic N) is 1. The van der Waals surface area contributed by atoms with Crippen LogP contribution < -0.4 is 10.1 Å². The van der Waals surface area contributed by atoms with Gasteiger partial charge in [-0.1, -0.05) is 6.07 Å². The number of aryl methyl sites for hydroxylation is 1. The van der Waals surface area contributed by atoms with Crippen LogP contribution in [0.2, 0.25) is 0 Å². The predicted octanol–water partition coefficient (Wildman–Crippen LogP) is 4.35. The van der Waals surface area contributed by atoms with Crippen LogP contribution in [0.1, 0.15) is 52.0 Å². The Morgan fingerprint density at radius 3 is 2.40 bits per heavy atom. The Bertz CT molecular complexity index is 624. The second-order valence-corrected chi connectivity index (χ2v) is 8.29. The molecule has 2 unspecified atom stereocenters. The SMILES string of the molecule is COc1ccc(C)cc1NC1CC2CCC(C1)N2C(=O)OC(C)(C)C. The molecule has 2 aliphatic heterocycles. The van der Waals surface area contributed by atoms with E-state index in [0.29, 0.717) is 6.04 Å². The second kappa shape index (κ2) is 6.77. The lowest BCUT2D eigenvalue weighted by Crippen LogP contribution is -2.51. The van der Waals surface area contributed by atoms with E-state index in [9.17, 15) is 4.79 Å². The van der Waals surface area contributed by atoms with E-state index in [1.807, 2.05) is 31.7 Å². The summed E-state index contributed by atoms with van der Waals surface area (Å²) in [6.07, 6.45) is 3.87. The average Bonchev–Trinajstić information content (AvgIpc) is 2.78. The fraction of sp³-hybridized carbons (Fsp3) is 0.650. The van der Waals surface area contributed by atoms with E-state index in [4.69, 9.17) is 9.47 Å². The van der Waals surface area contributed by atoms with Crippen molar-refractivity contribution in [3.63, 3.8) is 0 Å². The first kappa shape index (κ1) is 17.9. The van der Waals surface area contributed by atoms with Crippen molar-refractivity contribution in [2.75, 3.05) is 12.4 Å². The topological polar surface area (TPSA) is 50.8 Å². The molecule has 1 aromatic carbocycles. The van der Waals surface area contributed by atoms with E-state index in [1.165, 1.54) is 5.56 Å². The maximum atomic E-state index is 12.5. The molecule has 0 saturated carbocycles. The summed E-state index contributed by atoms with van der Waals surface area (Å²) >= 11 is 0. The molecule has 3 rings (SSSR count). The zero-order valence-corrected chi connectivity index (χ0v) is 16.0. The summed E-state index contributed by atoms with van der Waals surface area (Å²) in [5.74, 6) is 0.868. The first-order valence-electron chi connectivity index (χ1n) is 9.19. The van der Waals surface area contributed by atoms with Gasteiger partial charge in [-0.2, -0.15) is 0 Å². The quantitative estimate of drug-likeness (QED) is 0.884.